The number of hydrogen-bond donors (Lipinski definition) is 1. The first-order chi connectivity index (χ1) is 13.3. The zero-order valence-electron chi connectivity index (χ0n) is 17.3. The molecule has 28 heavy (non-hydrogen) atoms. The van der Waals surface area contributed by atoms with Crippen LogP contribution in [0.3, 0.4) is 0 Å². The number of carbonyl (C=O) groups excluding carboxylic acids is 1. The molecule has 1 atom stereocenters. The van der Waals surface area contributed by atoms with Crippen LogP contribution in [0.4, 0.5) is 0 Å². The summed E-state index contributed by atoms with van der Waals surface area (Å²) >= 11 is 0. The average molecular weight is 383 g/mol. The minimum atomic E-state index is -0.0812. The summed E-state index contributed by atoms with van der Waals surface area (Å²) in [4.78, 5) is 24.4. The molecule has 0 spiro atoms. The van der Waals surface area contributed by atoms with E-state index in [9.17, 15) is 4.79 Å². The first-order valence-electron chi connectivity index (χ1n) is 10.2. The second-order valence-electron chi connectivity index (χ2n) is 8.97. The fraction of sp³-hybridized carbons (Fsp3) is 0.619. The Morgan fingerprint density at radius 2 is 2.11 bits per heavy atom. The Labute approximate surface area is 166 Å². The van der Waals surface area contributed by atoms with Crippen LogP contribution in [0.5, 0.6) is 0 Å². The number of amides is 1. The number of rotatable bonds is 2. The van der Waals surface area contributed by atoms with Crippen LogP contribution in [0.25, 0.3) is 0 Å². The van der Waals surface area contributed by atoms with Crippen molar-refractivity contribution < 1.29 is 4.79 Å². The summed E-state index contributed by atoms with van der Waals surface area (Å²) in [6.45, 7) is 8.60. The van der Waals surface area contributed by atoms with Crippen LogP contribution in [0, 0.1) is 0 Å². The first-order valence-corrected chi connectivity index (χ1v) is 10.2. The van der Waals surface area contributed by atoms with Gasteiger partial charge in [-0.25, -0.2) is 9.97 Å². The molecular weight excluding hydrogens is 352 g/mol. The summed E-state index contributed by atoms with van der Waals surface area (Å²) in [5.74, 6) is 0.925. The lowest BCUT2D eigenvalue weighted by Gasteiger charge is -2.29. The molecule has 7 heteroatoms. The summed E-state index contributed by atoms with van der Waals surface area (Å²) < 4.78 is 1.70. The Kier molecular flexibility index (Phi) is 4.95. The molecule has 150 valence electrons. The third-order valence-electron chi connectivity index (χ3n) is 5.73. The van der Waals surface area contributed by atoms with Crippen molar-refractivity contribution in [2.45, 2.75) is 64.5 Å². The molecule has 7 nitrogen and oxygen atoms in total. The van der Waals surface area contributed by atoms with Crippen molar-refractivity contribution in [2.75, 3.05) is 13.1 Å². The van der Waals surface area contributed by atoms with Crippen LogP contribution in [0.1, 0.15) is 79.3 Å². The van der Waals surface area contributed by atoms with Crippen molar-refractivity contribution in [1.82, 2.24) is 30.0 Å². The number of carbonyl (C=O) groups is 1. The highest BCUT2D eigenvalue weighted by atomic mass is 16.2. The normalized spacial score (nSPS) is 20.1. The van der Waals surface area contributed by atoms with Gasteiger partial charge in [0, 0.05) is 43.7 Å². The van der Waals surface area contributed by atoms with Crippen molar-refractivity contribution in [1.29, 1.82) is 0 Å². The Balaban J connectivity index is 1.51. The molecule has 2 aromatic heterocycles. The van der Waals surface area contributed by atoms with Gasteiger partial charge in [-0.15, -0.1) is 0 Å². The van der Waals surface area contributed by atoms with E-state index in [0.29, 0.717) is 18.8 Å². The van der Waals surface area contributed by atoms with Crippen molar-refractivity contribution >= 4 is 5.91 Å². The molecule has 1 saturated heterocycles. The fourth-order valence-electron chi connectivity index (χ4n) is 3.94. The van der Waals surface area contributed by atoms with Crippen LogP contribution in [-0.4, -0.2) is 43.6 Å². The van der Waals surface area contributed by atoms with Gasteiger partial charge in [-0.2, -0.15) is 5.10 Å². The van der Waals surface area contributed by atoms with Crippen LogP contribution >= 0.6 is 0 Å². The lowest BCUT2D eigenvalue weighted by atomic mass is 9.92. The highest BCUT2D eigenvalue weighted by Crippen LogP contribution is 2.25. The van der Waals surface area contributed by atoms with Gasteiger partial charge < -0.3 is 10.2 Å². The van der Waals surface area contributed by atoms with E-state index in [-0.39, 0.29) is 17.4 Å². The van der Waals surface area contributed by atoms with Gasteiger partial charge in [0.2, 0.25) is 0 Å². The number of aryl methyl sites for hydroxylation is 1. The van der Waals surface area contributed by atoms with E-state index in [1.807, 2.05) is 24.2 Å². The number of nitrogens with zero attached hydrogens (tertiary/aromatic N) is 5. The lowest BCUT2D eigenvalue weighted by molar-refractivity contribution is 0.0722. The maximum absolute atomic E-state index is 13.1. The monoisotopic (exact) mass is 382 g/mol. The topological polar surface area (TPSA) is 75.9 Å². The van der Waals surface area contributed by atoms with Gasteiger partial charge in [0.25, 0.3) is 5.91 Å². The van der Waals surface area contributed by atoms with E-state index in [1.54, 1.807) is 4.68 Å². The van der Waals surface area contributed by atoms with Gasteiger partial charge in [-0.1, -0.05) is 27.2 Å². The van der Waals surface area contributed by atoms with E-state index < -0.39 is 0 Å². The molecule has 1 fully saturated rings. The first kappa shape index (κ1) is 19.1. The van der Waals surface area contributed by atoms with E-state index in [4.69, 9.17) is 4.98 Å². The predicted octanol–water partition coefficient (Wildman–Crippen LogP) is 2.52. The zero-order valence-corrected chi connectivity index (χ0v) is 17.3. The molecule has 2 aromatic rings. The maximum atomic E-state index is 13.1. The van der Waals surface area contributed by atoms with Gasteiger partial charge in [0.05, 0.1) is 17.4 Å². The smallest absolute Gasteiger partial charge is 0.272 e. The molecule has 0 aromatic carbocycles. The Bertz CT molecular complexity index is 876. The highest BCUT2D eigenvalue weighted by molar-refractivity contribution is 5.92. The second kappa shape index (κ2) is 7.28. The molecule has 4 rings (SSSR count). The highest BCUT2D eigenvalue weighted by Gasteiger charge is 2.28. The maximum Gasteiger partial charge on any atom is 0.272 e. The third-order valence-corrected chi connectivity index (χ3v) is 5.73. The van der Waals surface area contributed by atoms with Crippen molar-refractivity contribution in [3.05, 3.63) is 40.7 Å². The summed E-state index contributed by atoms with van der Waals surface area (Å²) in [6.07, 6.45) is 6.23. The predicted molar refractivity (Wildman–Crippen MR) is 107 cm³/mol. The quantitative estimate of drug-likeness (QED) is 0.864. The standard InChI is InChI=1S/C21H30N6O/c1-21(2,3)18-11-17(26(4)25-18)20(28)27-10-8-15-14(13-27)12-23-19(24-15)16-7-5-6-9-22-16/h11-12,16,22H,5-10,13H2,1-4H3. The van der Waals surface area contributed by atoms with Crippen molar-refractivity contribution in [3.63, 3.8) is 0 Å². The molecule has 1 amide bonds. The van der Waals surface area contributed by atoms with Gasteiger partial charge >= 0.3 is 0 Å². The number of aromatic nitrogens is 4. The summed E-state index contributed by atoms with van der Waals surface area (Å²) in [5, 5.41) is 8.06. The third kappa shape index (κ3) is 3.68. The van der Waals surface area contributed by atoms with Gasteiger partial charge in [0.1, 0.15) is 11.5 Å². The molecule has 1 unspecified atom stereocenters. The number of hydrogen-bond acceptors (Lipinski definition) is 5. The molecule has 0 bridgehead atoms. The van der Waals surface area contributed by atoms with Gasteiger partial charge in [-0.05, 0) is 25.5 Å². The number of nitrogens with one attached hydrogen (secondary N) is 1. The van der Waals surface area contributed by atoms with E-state index >= 15 is 0 Å². The average Bonchev–Trinajstić information content (AvgIpc) is 3.09. The van der Waals surface area contributed by atoms with Crippen molar-refractivity contribution in [3.8, 4) is 0 Å². The SMILES string of the molecule is Cn1nc(C(C)(C)C)cc1C(=O)N1CCc2nc(C3CCCCN3)ncc2C1. The molecule has 2 aliphatic rings. The van der Waals surface area contributed by atoms with Crippen LogP contribution in [-0.2, 0) is 25.4 Å². The molecule has 1 N–H and O–H groups in total. The Morgan fingerprint density at radius 1 is 1.29 bits per heavy atom. The molecule has 0 saturated carbocycles. The van der Waals surface area contributed by atoms with Gasteiger partial charge in [0.15, 0.2) is 0 Å². The number of fused-ring (bicyclic) bond motifs is 1. The molecule has 2 aliphatic heterocycles. The Morgan fingerprint density at radius 3 is 2.79 bits per heavy atom. The van der Waals surface area contributed by atoms with Crippen LogP contribution in [0.2, 0.25) is 0 Å². The summed E-state index contributed by atoms with van der Waals surface area (Å²) in [6, 6.07) is 2.19. The van der Waals surface area contributed by atoms with E-state index in [0.717, 1.165) is 42.2 Å². The number of piperidine rings is 1. The van der Waals surface area contributed by atoms with Crippen molar-refractivity contribution in [2.24, 2.45) is 7.05 Å². The largest absolute Gasteiger partial charge is 0.332 e. The second-order valence-corrected chi connectivity index (χ2v) is 8.97. The van der Waals surface area contributed by atoms with Crippen LogP contribution in [0.15, 0.2) is 12.3 Å². The summed E-state index contributed by atoms with van der Waals surface area (Å²) in [5.41, 5.74) is 3.63. The molecule has 4 heterocycles. The lowest BCUT2D eigenvalue weighted by Crippen LogP contribution is -2.38. The van der Waals surface area contributed by atoms with Crippen LogP contribution < -0.4 is 5.32 Å². The zero-order chi connectivity index (χ0) is 19.9. The molecule has 0 radical (unpaired) electrons. The van der Waals surface area contributed by atoms with E-state index in [2.05, 4.69) is 36.2 Å². The minimum Gasteiger partial charge on any atom is -0.332 e. The molecular formula is C21H30N6O. The minimum absolute atomic E-state index is 0.0224. The molecule has 0 aliphatic carbocycles. The van der Waals surface area contributed by atoms with E-state index in [1.165, 1.54) is 12.8 Å². The van der Waals surface area contributed by atoms with Gasteiger partial charge in [-0.3, -0.25) is 9.48 Å². The summed E-state index contributed by atoms with van der Waals surface area (Å²) in [7, 11) is 1.84. The Hall–Kier alpha value is -2.28. The fourth-order valence-corrected chi connectivity index (χ4v) is 3.94.